The van der Waals surface area contributed by atoms with Crippen molar-refractivity contribution >= 4 is 23.2 Å². The fourth-order valence-electron chi connectivity index (χ4n) is 2.56. The molecule has 1 N–H and O–H groups in total. The second-order valence-electron chi connectivity index (χ2n) is 6.40. The van der Waals surface area contributed by atoms with Gasteiger partial charge >= 0.3 is 0 Å². The van der Waals surface area contributed by atoms with Gasteiger partial charge in [-0.1, -0.05) is 12.1 Å². The molecule has 1 aromatic heterocycles. The first-order valence-electron chi connectivity index (χ1n) is 8.59. The number of amides is 2. The number of nitro groups is 1. The van der Waals surface area contributed by atoms with Gasteiger partial charge in [-0.15, -0.1) is 0 Å². The molecule has 0 unspecified atom stereocenters. The number of hydrogen-bond acceptors (Lipinski definition) is 6. The van der Waals surface area contributed by atoms with Crippen LogP contribution >= 0.6 is 0 Å². The van der Waals surface area contributed by atoms with Gasteiger partial charge in [-0.3, -0.25) is 19.7 Å². The number of carbonyl (C=O) groups excluding carboxylic acids is 2. The molecule has 3 aromatic rings. The van der Waals surface area contributed by atoms with Gasteiger partial charge in [-0.2, -0.15) is 5.10 Å². The summed E-state index contributed by atoms with van der Waals surface area (Å²) < 4.78 is 1.34. The number of carbonyl (C=O) groups is 2. The molecule has 148 valence electrons. The molecule has 0 fully saturated rings. The Kier molecular flexibility index (Phi) is 5.63. The lowest BCUT2D eigenvalue weighted by Gasteiger charge is -2.11. The van der Waals surface area contributed by atoms with Crippen LogP contribution in [0.15, 0.2) is 54.9 Å². The average Bonchev–Trinajstić information content (AvgIpc) is 3.16. The van der Waals surface area contributed by atoms with Crippen LogP contribution in [0.5, 0.6) is 0 Å². The highest BCUT2D eigenvalue weighted by atomic mass is 16.6. The van der Waals surface area contributed by atoms with Gasteiger partial charge in [-0.05, 0) is 24.3 Å². The van der Waals surface area contributed by atoms with Crippen LogP contribution in [-0.4, -0.2) is 50.5 Å². The Balaban J connectivity index is 1.64. The molecule has 0 saturated carbocycles. The minimum atomic E-state index is -0.495. The van der Waals surface area contributed by atoms with Crippen molar-refractivity contribution < 1.29 is 14.5 Å². The zero-order chi connectivity index (χ0) is 21.0. The van der Waals surface area contributed by atoms with Crippen LogP contribution in [0.3, 0.4) is 0 Å². The average molecular weight is 394 g/mol. The van der Waals surface area contributed by atoms with Gasteiger partial charge in [0, 0.05) is 43.0 Å². The fourth-order valence-corrected chi connectivity index (χ4v) is 2.56. The zero-order valence-corrected chi connectivity index (χ0v) is 15.8. The predicted molar refractivity (Wildman–Crippen MR) is 105 cm³/mol. The molecule has 10 nitrogen and oxygen atoms in total. The number of nitrogens with zero attached hydrogens (tertiary/aromatic N) is 5. The van der Waals surface area contributed by atoms with Crippen LogP contribution < -0.4 is 5.32 Å². The Morgan fingerprint density at radius 1 is 1.17 bits per heavy atom. The SMILES string of the molecule is CN(C)C(=O)c1ccc(NC(=O)Cn2cnc(-c3cccc([N+](=O)[O-])c3)n2)cc1. The quantitative estimate of drug-likeness (QED) is 0.505. The van der Waals surface area contributed by atoms with Crippen molar-refractivity contribution in [2.45, 2.75) is 6.54 Å². The van der Waals surface area contributed by atoms with Crippen LogP contribution in [-0.2, 0) is 11.3 Å². The van der Waals surface area contributed by atoms with E-state index in [1.165, 1.54) is 28.0 Å². The molecular weight excluding hydrogens is 376 g/mol. The van der Waals surface area contributed by atoms with E-state index in [-0.39, 0.29) is 29.9 Å². The first-order valence-corrected chi connectivity index (χ1v) is 8.59. The molecule has 0 saturated heterocycles. The minimum Gasteiger partial charge on any atom is -0.345 e. The summed E-state index contributed by atoms with van der Waals surface area (Å²) in [6.45, 7) is -0.0830. The van der Waals surface area contributed by atoms with Crippen LogP contribution in [0, 0.1) is 10.1 Å². The molecule has 0 spiro atoms. The largest absolute Gasteiger partial charge is 0.345 e. The third-order valence-electron chi connectivity index (χ3n) is 3.98. The van der Waals surface area contributed by atoms with Gasteiger partial charge in [-0.25, -0.2) is 9.67 Å². The number of aromatic nitrogens is 3. The summed E-state index contributed by atoms with van der Waals surface area (Å²) >= 11 is 0. The number of non-ortho nitro benzene ring substituents is 1. The molecule has 1 heterocycles. The number of nitrogens with one attached hydrogen (secondary N) is 1. The van der Waals surface area contributed by atoms with Crippen molar-refractivity contribution in [1.82, 2.24) is 19.7 Å². The summed E-state index contributed by atoms with van der Waals surface area (Å²) in [5.74, 6) is -0.167. The summed E-state index contributed by atoms with van der Waals surface area (Å²) in [4.78, 5) is 40.1. The molecule has 29 heavy (non-hydrogen) atoms. The first kappa shape index (κ1) is 19.7. The molecule has 0 radical (unpaired) electrons. The lowest BCUT2D eigenvalue weighted by Crippen LogP contribution is -2.22. The second kappa shape index (κ2) is 8.30. The monoisotopic (exact) mass is 394 g/mol. The van der Waals surface area contributed by atoms with Crippen LogP contribution in [0.25, 0.3) is 11.4 Å². The van der Waals surface area contributed by atoms with Crippen molar-refractivity contribution in [3.63, 3.8) is 0 Å². The van der Waals surface area contributed by atoms with E-state index in [0.717, 1.165) is 0 Å². The van der Waals surface area contributed by atoms with E-state index in [4.69, 9.17) is 0 Å². The van der Waals surface area contributed by atoms with E-state index in [9.17, 15) is 19.7 Å². The molecule has 0 bridgehead atoms. The molecule has 2 amide bonds. The molecule has 0 aliphatic carbocycles. The molecule has 0 aliphatic heterocycles. The number of anilines is 1. The third kappa shape index (κ3) is 4.80. The maximum absolute atomic E-state index is 12.2. The highest BCUT2D eigenvalue weighted by molar-refractivity contribution is 5.95. The molecule has 0 atom stereocenters. The summed E-state index contributed by atoms with van der Waals surface area (Å²) in [5.41, 5.74) is 1.49. The zero-order valence-electron chi connectivity index (χ0n) is 15.8. The van der Waals surface area contributed by atoms with E-state index in [1.54, 1.807) is 50.5 Å². The molecule has 0 aliphatic rings. The molecule has 3 rings (SSSR count). The molecule has 10 heteroatoms. The Labute approximate surface area is 165 Å². The topological polar surface area (TPSA) is 123 Å². The van der Waals surface area contributed by atoms with Gasteiger partial charge in [0.25, 0.3) is 11.6 Å². The van der Waals surface area contributed by atoms with E-state index in [2.05, 4.69) is 15.4 Å². The smallest absolute Gasteiger partial charge is 0.270 e. The van der Waals surface area contributed by atoms with Gasteiger partial charge in [0.1, 0.15) is 12.9 Å². The Hall–Kier alpha value is -4.08. The van der Waals surface area contributed by atoms with Crippen molar-refractivity contribution in [3.8, 4) is 11.4 Å². The van der Waals surface area contributed by atoms with Gasteiger partial charge in [0.05, 0.1) is 4.92 Å². The number of hydrogen-bond donors (Lipinski definition) is 1. The summed E-state index contributed by atoms with van der Waals surface area (Å²) in [6, 6.07) is 12.5. The predicted octanol–water partition coefficient (Wildman–Crippen LogP) is 2.19. The first-order chi connectivity index (χ1) is 13.8. The number of benzene rings is 2. The van der Waals surface area contributed by atoms with Gasteiger partial charge in [0.15, 0.2) is 5.82 Å². The Bertz CT molecular complexity index is 1060. The van der Waals surface area contributed by atoms with Crippen LogP contribution in [0.4, 0.5) is 11.4 Å². The van der Waals surface area contributed by atoms with Gasteiger partial charge < -0.3 is 10.2 Å². The fraction of sp³-hybridized carbons (Fsp3) is 0.158. The van der Waals surface area contributed by atoms with Crippen LogP contribution in [0.1, 0.15) is 10.4 Å². The van der Waals surface area contributed by atoms with E-state index < -0.39 is 4.92 Å². The van der Waals surface area contributed by atoms with Crippen molar-refractivity contribution in [3.05, 3.63) is 70.5 Å². The standard InChI is InChI=1S/C19H18N6O4/c1-23(2)19(27)13-6-8-15(9-7-13)21-17(26)11-24-12-20-18(22-24)14-4-3-5-16(10-14)25(28)29/h3-10,12H,11H2,1-2H3,(H,21,26). The highest BCUT2D eigenvalue weighted by Gasteiger charge is 2.12. The summed E-state index contributed by atoms with van der Waals surface area (Å²) in [7, 11) is 3.33. The Morgan fingerprint density at radius 3 is 2.55 bits per heavy atom. The minimum absolute atomic E-state index is 0.0622. The van der Waals surface area contributed by atoms with E-state index in [1.807, 2.05) is 0 Å². The lowest BCUT2D eigenvalue weighted by molar-refractivity contribution is -0.384. The summed E-state index contributed by atoms with van der Waals surface area (Å²) in [6.07, 6.45) is 1.38. The van der Waals surface area contributed by atoms with Crippen molar-refractivity contribution in [1.29, 1.82) is 0 Å². The molecule has 2 aromatic carbocycles. The number of rotatable bonds is 6. The lowest BCUT2D eigenvalue weighted by atomic mass is 10.2. The normalized spacial score (nSPS) is 10.4. The summed E-state index contributed by atoms with van der Waals surface area (Å²) in [5, 5.41) is 17.8. The highest BCUT2D eigenvalue weighted by Crippen LogP contribution is 2.20. The van der Waals surface area contributed by atoms with Crippen LogP contribution in [0.2, 0.25) is 0 Å². The van der Waals surface area contributed by atoms with Gasteiger partial charge in [0.2, 0.25) is 5.91 Å². The second-order valence-corrected chi connectivity index (χ2v) is 6.40. The molecular formula is C19H18N6O4. The number of nitro benzene ring substituents is 1. The van der Waals surface area contributed by atoms with E-state index in [0.29, 0.717) is 16.8 Å². The van der Waals surface area contributed by atoms with E-state index >= 15 is 0 Å². The van der Waals surface area contributed by atoms with Crippen molar-refractivity contribution in [2.24, 2.45) is 0 Å². The third-order valence-corrected chi connectivity index (χ3v) is 3.98. The maximum Gasteiger partial charge on any atom is 0.270 e. The van der Waals surface area contributed by atoms with Crippen molar-refractivity contribution in [2.75, 3.05) is 19.4 Å². The Morgan fingerprint density at radius 2 is 1.90 bits per heavy atom. The maximum atomic E-state index is 12.2.